The van der Waals surface area contributed by atoms with Crippen LogP contribution in [0.3, 0.4) is 0 Å². The topological polar surface area (TPSA) is 82.2 Å². The van der Waals surface area contributed by atoms with Crippen LogP contribution in [0, 0.1) is 11.3 Å². The molecule has 1 aliphatic rings. The molecule has 0 radical (unpaired) electrons. The van der Waals surface area contributed by atoms with E-state index in [0.717, 1.165) is 16.2 Å². The summed E-state index contributed by atoms with van der Waals surface area (Å²) in [6.45, 7) is 2.69. The van der Waals surface area contributed by atoms with Crippen LogP contribution in [-0.2, 0) is 16.7 Å². The minimum absolute atomic E-state index is 0.0845. The highest BCUT2D eigenvalue weighted by molar-refractivity contribution is 7.98. The molecule has 0 amide bonds. The van der Waals surface area contributed by atoms with Gasteiger partial charge in [-0.25, -0.2) is 13.4 Å². The van der Waals surface area contributed by atoms with Crippen LogP contribution in [-0.4, -0.2) is 59.6 Å². The quantitative estimate of drug-likeness (QED) is 0.582. The van der Waals surface area contributed by atoms with Crippen molar-refractivity contribution in [1.82, 2.24) is 18.8 Å². The Labute approximate surface area is 174 Å². The van der Waals surface area contributed by atoms with Crippen LogP contribution in [0.5, 0.6) is 0 Å². The number of rotatable bonds is 5. The number of sulfonamides is 1. The van der Waals surface area contributed by atoms with Crippen LogP contribution in [0.25, 0.3) is 11.0 Å². The molecule has 9 heteroatoms. The van der Waals surface area contributed by atoms with Crippen LogP contribution >= 0.6 is 11.8 Å². The van der Waals surface area contributed by atoms with Gasteiger partial charge in [-0.15, -0.1) is 0 Å². The van der Waals surface area contributed by atoms with Crippen molar-refractivity contribution < 1.29 is 8.42 Å². The number of piperazine rings is 1. The summed E-state index contributed by atoms with van der Waals surface area (Å²) in [5, 5.41) is 10.2. The summed E-state index contributed by atoms with van der Waals surface area (Å²) in [7, 11) is -3.68. The molecular formula is C20H21N5O2S2. The van der Waals surface area contributed by atoms with E-state index in [2.05, 4.69) is 20.5 Å². The fraction of sp³-hybridized carbons (Fsp3) is 0.300. The first-order valence-corrected chi connectivity index (χ1v) is 11.9. The maximum Gasteiger partial charge on any atom is 0.244 e. The Morgan fingerprint density at radius 1 is 1.07 bits per heavy atom. The van der Waals surface area contributed by atoms with Gasteiger partial charge in [0.25, 0.3) is 0 Å². The third-order valence-corrected chi connectivity index (χ3v) is 7.73. The third kappa shape index (κ3) is 3.76. The maximum atomic E-state index is 13.0. The summed E-state index contributed by atoms with van der Waals surface area (Å²) in [5.41, 5.74) is 2.23. The van der Waals surface area contributed by atoms with Crippen LogP contribution in [0.4, 0.5) is 0 Å². The van der Waals surface area contributed by atoms with E-state index in [4.69, 9.17) is 0 Å². The lowest BCUT2D eigenvalue weighted by Gasteiger charge is -2.34. The second-order valence-corrected chi connectivity index (χ2v) is 9.47. The summed E-state index contributed by atoms with van der Waals surface area (Å²) < 4.78 is 29.7. The monoisotopic (exact) mass is 427 g/mol. The molecule has 0 atom stereocenters. The first-order chi connectivity index (χ1) is 14.0. The largest absolute Gasteiger partial charge is 0.305 e. The van der Waals surface area contributed by atoms with Gasteiger partial charge in [-0.05, 0) is 30.5 Å². The lowest BCUT2D eigenvalue weighted by atomic mass is 10.2. The zero-order chi connectivity index (χ0) is 20.4. The van der Waals surface area contributed by atoms with E-state index in [1.54, 1.807) is 23.9 Å². The number of nitrogens with zero attached hydrogens (tertiary/aromatic N) is 5. The Bertz CT molecular complexity index is 1180. The molecule has 2 heterocycles. The highest BCUT2D eigenvalue weighted by atomic mass is 32.2. The summed E-state index contributed by atoms with van der Waals surface area (Å²) in [4.78, 5) is 6.99. The number of benzene rings is 2. The van der Waals surface area contributed by atoms with Crippen LogP contribution in [0.1, 0.15) is 5.56 Å². The van der Waals surface area contributed by atoms with Crippen molar-refractivity contribution in [3.63, 3.8) is 0 Å². The third-order valence-electron chi connectivity index (χ3n) is 5.10. The normalized spacial score (nSPS) is 16.1. The van der Waals surface area contributed by atoms with E-state index in [-0.39, 0.29) is 10.5 Å². The van der Waals surface area contributed by atoms with Crippen molar-refractivity contribution in [3.8, 4) is 6.07 Å². The Kier molecular flexibility index (Phi) is 5.61. The first-order valence-electron chi connectivity index (χ1n) is 9.25. The molecule has 0 N–H and O–H groups in total. The number of fused-ring (bicyclic) bond motifs is 1. The van der Waals surface area contributed by atoms with E-state index in [0.29, 0.717) is 32.8 Å². The van der Waals surface area contributed by atoms with Crippen molar-refractivity contribution >= 4 is 32.8 Å². The van der Waals surface area contributed by atoms with Gasteiger partial charge in [0.05, 0.1) is 28.2 Å². The molecule has 29 heavy (non-hydrogen) atoms. The van der Waals surface area contributed by atoms with E-state index >= 15 is 0 Å². The van der Waals surface area contributed by atoms with Gasteiger partial charge in [0.15, 0.2) is 5.16 Å². The molecule has 0 spiro atoms. The first kappa shape index (κ1) is 19.9. The van der Waals surface area contributed by atoms with Crippen molar-refractivity contribution in [2.75, 3.05) is 32.4 Å². The van der Waals surface area contributed by atoms with Crippen molar-refractivity contribution in [1.29, 1.82) is 5.26 Å². The molecule has 7 nitrogen and oxygen atoms in total. The second-order valence-electron chi connectivity index (χ2n) is 6.79. The van der Waals surface area contributed by atoms with Crippen LogP contribution in [0.15, 0.2) is 58.6 Å². The molecule has 1 saturated heterocycles. The smallest absolute Gasteiger partial charge is 0.244 e. The second kappa shape index (κ2) is 8.16. The van der Waals surface area contributed by atoms with Crippen molar-refractivity contribution in [2.24, 2.45) is 0 Å². The average molecular weight is 428 g/mol. The number of hydrogen-bond acceptors (Lipinski definition) is 6. The highest BCUT2D eigenvalue weighted by Crippen LogP contribution is 2.24. The average Bonchev–Trinajstić information content (AvgIpc) is 3.11. The minimum Gasteiger partial charge on any atom is -0.305 e. The zero-order valence-corrected chi connectivity index (χ0v) is 17.7. The SMILES string of the molecule is CSc1nc2ccccc2n1CN1CCN(S(=O)(=O)c2ccccc2C#N)CC1. The van der Waals surface area contributed by atoms with E-state index in [1.165, 1.54) is 16.4 Å². The number of thioether (sulfide) groups is 1. The van der Waals surface area contributed by atoms with Gasteiger partial charge in [-0.3, -0.25) is 4.90 Å². The highest BCUT2D eigenvalue weighted by Gasteiger charge is 2.30. The number of hydrogen-bond donors (Lipinski definition) is 0. The molecular weight excluding hydrogens is 406 g/mol. The summed E-state index contributed by atoms with van der Waals surface area (Å²) in [6.07, 6.45) is 2.01. The van der Waals surface area contributed by atoms with Gasteiger partial charge >= 0.3 is 0 Å². The van der Waals surface area contributed by atoms with Crippen molar-refractivity contribution in [2.45, 2.75) is 16.7 Å². The molecule has 1 fully saturated rings. The molecule has 2 aromatic carbocycles. The summed E-state index contributed by atoms with van der Waals surface area (Å²) in [5.74, 6) is 0. The Morgan fingerprint density at radius 2 is 1.76 bits per heavy atom. The van der Waals surface area contributed by atoms with Gasteiger partial charge in [0.2, 0.25) is 10.0 Å². The van der Waals surface area contributed by atoms with Crippen molar-refractivity contribution in [3.05, 3.63) is 54.1 Å². The van der Waals surface area contributed by atoms with Gasteiger partial charge in [-0.2, -0.15) is 9.57 Å². The molecule has 150 valence electrons. The number of para-hydroxylation sites is 2. The molecule has 3 aromatic rings. The molecule has 1 aliphatic heterocycles. The van der Waals surface area contributed by atoms with Gasteiger partial charge in [-0.1, -0.05) is 36.0 Å². The molecule has 1 aromatic heterocycles. The van der Waals surface area contributed by atoms with Gasteiger partial charge in [0.1, 0.15) is 6.07 Å². The predicted octanol–water partition coefficient (Wildman–Crippen LogP) is 2.59. The Hall–Kier alpha value is -2.38. The Balaban J connectivity index is 1.50. The summed E-state index contributed by atoms with van der Waals surface area (Å²) >= 11 is 1.60. The maximum absolute atomic E-state index is 13.0. The van der Waals surface area contributed by atoms with E-state index in [1.807, 2.05) is 30.5 Å². The van der Waals surface area contributed by atoms with Crippen LogP contribution in [0.2, 0.25) is 0 Å². The van der Waals surface area contributed by atoms with Gasteiger partial charge in [0, 0.05) is 26.2 Å². The summed E-state index contributed by atoms with van der Waals surface area (Å²) in [6, 6.07) is 16.4. The standard InChI is InChI=1S/C20H21N5O2S2/c1-28-20-22-17-7-3-4-8-18(17)25(20)15-23-10-12-24(13-11-23)29(26,27)19-9-5-2-6-16(19)14-21/h2-9H,10-13,15H2,1H3. The fourth-order valence-corrected chi connectivity index (χ4v) is 5.71. The lowest BCUT2D eigenvalue weighted by Crippen LogP contribution is -2.49. The minimum atomic E-state index is -3.68. The number of imidazole rings is 1. The van der Waals surface area contributed by atoms with E-state index in [9.17, 15) is 13.7 Å². The molecule has 4 rings (SSSR count). The molecule has 0 bridgehead atoms. The lowest BCUT2D eigenvalue weighted by molar-refractivity contribution is 0.150. The fourth-order valence-electron chi connectivity index (χ4n) is 3.58. The Morgan fingerprint density at radius 3 is 2.48 bits per heavy atom. The van der Waals surface area contributed by atoms with E-state index < -0.39 is 10.0 Å². The van der Waals surface area contributed by atoms with Crippen LogP contribution < -0.4 is 0 Å². The number of nitriles is 1. The zero-order valence-electron chi connectivity index (χ0n) is 16.0. The molecule has 0 saturated carbocycles. The number of aromatic nitrogens is 2. The van der Waals surface area contributed by atoms with Gasteiger partial charge < -0.3 is 4.57 Å². The predicted molar refractivity (Wildman–Crippen MR) is 113 cm³/mol. The molecule has 0 aliphatic carbocycles. The molecule has 0 unspecified atom stereocenters.